The number of aryl methyl sites for hydroxylation is 2. The molecule has 3 rings (SSSR count). The van der Waals surface area contributed by atoms with Gasteiger partial charge in [-0.3, -0.25) is 4.79 Å². The fourth-order valence-electron chi connectivity index (χ4n) is 2.94. The summed E-state index contributed by atoms with van der Waals surface area (Å²) >= 11 is 0. The van der Waals surface area contributed by atoms with E-state index in [0.29, 0.717) is 6.54 Å². The van der Waals surface area contributed by atoms with E-state index >= 15 is 0 Å². The smallest absolute Gasteiger partial charge is 0.264 e. The van der Waals surface area contributed by atoms with Crippen LogP contribution >= 0.6 is 0 Å². The Hall–Kier alpha value is -2.49. The van der Waals surface area contributed by atoms with Crippen molar-refractivity contribution >= 4 is 17.3 Å². The fraction of sp³-hybridized carbons (Fsp3) is 0.316. The third-order valence-corrected chi connectivity index (χ3v) is 4.43. The maximum atomic E-state index is 12.6. The van der Waals surface area contributed by atoms with Gasteiger partial charge < -0.3 is 15.4 Å². The molecule has 120 valence electrons. The first-order valence-corrected chi connectivity index (χ1v) is 7.94. The quantitative estimate of drug-likeness (QED) is 0.885. The number of nitrogens with zero attached hydrogens (tertiary/aromatic N) is 1. The van der Waals surface area contributed by atoms with Crippen LogP contribution in [0.1, 0.15) is 23.1 Å². The minimum Gasteiger partial charge on any atom is -0.484 e. The average Bonchev–Trinajstić information content (AvgIpc) is 2.55. The summed E-state index contributed by atoms with van der Waals surface area (Å²) in [6, 6.07) is 11.6. The first-order chi connectivity index (χ1) is 11.1. The summed E-state index contributed by atoms with van der Waals surface area (Å²) in [5, 5.41) is 0. The maximum Gasteiger partial charge on any atom is 0.264 e. The van der Waals surface area contributed by atoms with Gasteiger partial charge in [0.1, 0.15) is 5.75 Å². The van der Waals surface area contributed by atoms with E-state index < -0.39 is 0 Å². The number of carbonyl (C=O) groups is 1. The third-order valence-electron chi connectivity index (χ3n) is 4.43. The summed E-state index contributed by atoms with van der Waals surface area (Å²) in [5.74, 6) is 0.695. The molecule has 0 fully saturated rings. The molecule has 1 heterocycles. The van der Waals surface area contributed by atoms with Crippen LogP contribution in [0.3, 0.4) is 0 Å². The van der Waals surface area contributed by atoms with Crippen LogP contribution in [-0.4, -0.2) is 19.1 Å². The molecular weight excluding hydrogens is 288 g/mol. The first kappa shape index (κ1) is 15.4. The van der Waals surface area contributed by atoms with Gasteiger partial charge in [-0.2, -0.15) is 0 Å². The van der Waals surface area contributed by atoms with Crippen molar-refractivity contribution in [3.8, 4) is 5.75 Å². The molecule has 0 unspecified atom stereocenters. The Bertz CT molecular complexity index is 740. The van der Waals surface area contributed by atoms with Gasteiger partial charge in [-0.05, 0) is 67.6 Å². The van der Waals surface area contributed by atoms with E-state index in [4.69, 9.17) is 10.5 Å². The summed E-state index contributed by atoms with van der Waals surface area (Å²) < 4.78 is 5.68. The van der Waals surface area contributed by atoms with E-state index in [1.54, 1.807) is 4.90 Å². The van der Waals surface area contributed by atoms with Gasteiger partial charge in [0, 0.05) is 17.9 Å². The monoisotopic (exact) mass is 310 g/mol. The van der Waals surface area contributed by atoms with E-state index in [9.17, 15) is 4.79 Å². The Morgan fingerprint density at radius 2 is 2.04 bits per heavy atom. The minimum atomic E-state index is -0.0326. The zero-order valence-electron chi connectivity index (χ0n) is 13.6. The Labute approximate surface area is 136 Å². The number of fused-ring (bicyclic) bond motifs is 1. The van der Waals surface area contributed by atoms with Gasteiger partial charge in [-0.1, -0.05) is 12.1 Å². The highest BCUT2D eigenvalue weighted by atomic mass is 16.5. The van der Waals surface area contributed by atoms with Crippen molar-refractivity contribution in [3.63, 3.8) is 0 Å². The lowest BCUT2D eigenvalue weighted by atomic mass is 10.00. The SMILES string of the molecule is Cc1ccc(OCC(=O)N2CCCc3c(N)cccc32)cc1C. The molecule has 0 bridgehead atoms. The Morgan fingerprint density at radius 3 is 2.83 bits per heavy atom. The lowest BCUT2D eigenvalue weighted by molar-refractivity contribution is -0.120. The molecule has 0 spiro atoms. The number of nitrogen functional groups attached to an aromatic ring is 1. The van der Waals surface area contributed by atoms with Crippen molar-refractivity contribution in [2.75, 3.05) is 23.8 Å². The average molecular weight is 310 g/mol. The van der Waals surface area contributed by atoms with Crippen molar-refractivity contribution in [2.45, 2.75) is 26.7 Å². The number of hydrogen-bond donors (Lipinski definition) is 1. The van der Waals surface area contributed by atoms with Crippen LogP contribution in [0.4, 0.5) is 11.4 Å². The molecule has 0 atom stereocenters. The molecule has 2 aromatic carbocycles. The van der Waals surface area contributed by atoms with Gasteiger partial charge in [-0.25, -0.2) is 0 Å². The van der Waals surface area contributed by atoms with Gasteiger partial charge in [0.25, 0.3) is 5.91 Å². The highest BCUT2D eigenvalue weighted by molar-refractivity contribution is 5.96. The van der Waals surface area contributed by atoms with Gasteiger partial charge in [0.2, 0.25) is 0 Å². The second-order valence-corrected chi connectivity index (χ2v) is 6.03. The predicted molar refractivity (Wildman–Crippen MR) is 92.9 cm³/mol. The molecule has 0 radical (unpaired) electrons. The third kappa shape index (κ3) is 3.16. The maximum absolute atomic E-state index is 12.6. The van der Waals surface area contributed by atoms with Crippen molar-refractivity contribution < 1.29 is 9.53 Å². The number of anilines is 2. The largest absolute Gasteiger partial charge is 0.484 e. The second-order valence-electron chi connectivity index (χ2n) is 6.03. The normalized spacial score (nSPS) is 13.6. The lowest BCUT2D eigenvalue weighted by Crippen LogP contribution is -2.38. The fourth-order valence-corrected chi connectivity index (χ4v) is 2.94. The lowest BCUT2D eigenvalue weighted by Gasteiger charge is -2.30. The standard InChI is InChI=1S/C19H22N2O2/c1-13-8-9-15(11-14(13)2)23-12-19(22)21-10-4-5-16-17(20)6-3-7-18(16)21/h3,6-9,11H,4-5,10,12,20H2,1-2H3. The summed E-state index contributed by atoms with van der Waals surface area (Å²) in [7, 11) is 0. The molecule has 4 heteroatoms. The topological polar surface area (TPSA) is 55.6 Å². The summed E-state index contributed by atoms with van der Waals surface area (Å²) in [6.07, 6.45) is 1.85. The molecular formula is C19H22N2O2. The van der Waals surface area contributed by atoms with Gasteiger partial charge >= 0.3 is 0 Å². The van der Waals surface area contributed by atoms with Crippen LogP contribution < -0.4 is 15.4 Å². The van der Waals surface area contributed by atoms with Crippen molar-refractivity contribution in [3.05, 3.63) is 53.1 Å². The van der Waals surface area contributed by atoms with Gasteiger partial charge in [0.15, 0.2) is 6.61 Å². The highest BCUT2D eigenvalue weighted by Crippen LogP contribution is 2.31. The molecule has 0 aliphatic carbocycles. The Morgan fingerprint density at radius 1 is 1.22 bits per heavy atom. The second kappa shape index (κ2) is 6.32. The van der Waals surface area contributed by atoms with E-state index in [2.05, 4.69) is 6.92 Å². The van der Waals surface area contributed by atoms with Gasteiger partial charge in [0.05, 0.1) is 0 Å². The number of ether oxygens (including phenoxy) is 1. The minimum absolute atomic E-state index is 0.0326. The first-order valence-electron chi connectivity index (χ1n) is 7.94. The molecule has 4 nitrogen and oxygen atoms in total. The van der Waals surface area contributed by atoms with E-state index in [0.717, 1.165) is 41.1 Å². The van der Waals surface area contributed by atoms with Crippen molar-refractivity contribution in [2.24, 2.45) is 0 Å². The summed E-state index contributed by atoms with van der Waals surface area (Å²) in [4.78, 5) is 14.3. The molecule has 1 aliphatic heterocycles. The number of nitrogens with two attached hydrogens (primary N) is 1. The number of amides is 1. The van der Waals surface area contributed by atoms with Crippen molar-refractivity contribution in [1.29, 1.82) is 0 Å². The molecule has 23 heavy (non-hydrogen) atoms. The highest BCUT2D eigenvalue weighted by Gasteiger charge is 2.23. The Balaban J connectivity index is 1.72. The molecule has 1 aliphatic rings. The van der Waals surface area contributed by atoms with E-state index in [-0.39, 0.29) is 12.5 Å². The summed E-state index contributed by atoms with van der Waals surface area (Å²) in [6.45, 7) is 4.84. The van der Waals surface area contributed by atoms with E-state index in [1.165, 1.54) is 5.56 Å². The molecule has 1 amide bonds. The molecule has 2 aromatic rings. The zero-order valence-corrected chi connectivity index (χ0v) is 13.6. The van der Waals surface area contributed by atoms with Crippen molar-refractivity contribution in [1.82, 2.24) is 0 Å². The molecule has 0 aromatic heterocycles. The summed E-state index contributed by atoms with van der Waals surface area (Å²) in [5.41, 5.74) is 11.1. The number of carbonyl (C=O) groups excluding carboxylic acids is 1. The predicted octanol–water partition coefficient (Wildman–Crippen LogP) is 3.24. The van der Waals surface area contributed by atoms with Gasteiger partial charge in [-0.15, -0.1) is 0 Å². The van der Waals surface area contributed by atoms with Crippen LogP contribution in [-0.2, 0) is 11.2 Å². The Kier molecular flexibility index (Phi) is 4.24. The molecule has 0 saturated heterocycles. The van der Waals surface area contributed by atoms with Crippen LogP contribution in [0, 0.1) is 13.8 Å². The van der Waals surface area contributed by atoms with Crippen LogP contribution in [0.15, 0.2) is 36.4 Å². The van der Waals surface area contributed by atoms with Crippen LogP contribution in [0.2, 0.25) is 0 Å². The zero-order chi connectivity index (χ0) is 16.4. The van der Waals surface area contributed by atoms with Crippen LogP contribution in [0.25, 0.3) is 0 Å². The number of rotatable bonds is 3. The number of hydrogen-bond acceptors (Lipinski definition) is 3. The molecule has 0 saturated carbocycles. The van der Waals surface area contributed by atoms with Crippen LogP contribution in [0.5, 0.6) is 5.75 Å². The van der Waals surface area contributed by atoms with E-state index in [1.807, 2.05) is 43.3 Å². The number of benzene rings is 2. The molecule has 2 N–H and O–H groups in total.